The number of carbonyl (C=O) groups excluding carboxylic acids is 4. The highest BCUT2D eigenvalue weighted by atomic mass is 35.5. The monoisotopic (exact) mass is 495 g/mol. The molecule has 1 N–H and O–H groups in total. The number of hydrogen-bond donors (Lipinski definition) is 1. The average molecular weight is 496 g/mol. The molecule has 2 aromatic carbocycles. The highest BCUT2D eigenvalue weighted by molar-refractivity contribution is 6.30. The van der Waals surface area contributed by atoms with E-state index in [0.717, 1.165) is 11.1 Å². The lowest BCUT2D eigenvalue weighted by Crippen LogP contribution is -2.67. The van der Waals surface area contributed by atoms with Gasteiger partial charge in [-0.05, 0) is 43.7 Å². The van der Waals surface area contributed by atoms with E-state index in [-0.39, 0.29) is 18.9 Å². The predicted molar refractivity (Wildman–Crippen MR) is 129 cm³/mol. The first-order chi connectivity index (χ1) is 16.8. The Kier molecular flexibility index (Phi) is 5.89. The van der Waals surface area contributed by atoms with Crippen LogP contribution >= 0.6 is 11.6 Å². The van der Waals surface area contributed by atoms with Gasteiger partial charge in [-0.25, -0.2) is 4.90 Å². The Morgan fingerprint density at radius 3 is 2.43 bits per heavy atom. The Morgan fingerprint density at radius 1 is 1.09 bits per heavy atom. The number of rotatable bonds is 5. The minimum Gasteiger partial charge on any atom is -0.466 e. The van der Waals surface area contributed by atoms with E-state index in [0.29, 0.717) is 23.8 Å². The largest absolute Gasteiger partial charge is 0.466 e. The molecular weight excluding hydrogens is 470 g/mol. The van der Waals surface area contributed by atoms with Crippen LogP contribution in [0.5, 0.6) is 0 Å². The van der Waals surface area contributed by atoms with Crippen molar-refractivity contribution in [3.8, 4) is 0 Å². The van der Waals surface area contributed by atoms with Crippen LogP contribution in [0.15, 0.2) is 48.5 Å². The summed E-state index contributed by atoms with van der Waals surface area (Å²) in [5, 5.41) is 3.38. The van der Waals surface area contributed by atoms with Gasteiger partial charge in [-0.3, -0.25) is 24.1 Å². The number of ether oxygens (including phenoxy) is 1. The number of esters is 1. The van der Waals surface area contributed by atoms with Gasteiger partial charge in [0, 0.05) is 24.2 Å². The molecule has 0 spiro atoms. The molecule has 0 bridgehead atoms. The van der Waals surface area contributed by atoms with Gasteiger partial charge in [0.05, 0.1) is 30.6 Å². The number of carbonyl (C=O) groups is 4. The molecule has 3 aliphatic rings. The molecule has 4 atom stereocenters. The second-order valence-corrected chi connectivity index (χ2v) is 9.64. The second-order valence-electron chi connectivity index (χ2n) is 9.20. The number of imide groups is 1. The van der Waals surface area contributed by atoms with Gasteiger partial charge < -0.3 is 10.1 Å². The molecular formula is C26H26ClN3O5. The summed E-state index contributed by atoms with van der Waals surface area (Å²) in [6.45, 7) is 4.48. The molecule has 2 aromatic rings. The summed E-state index contributed by atoms with van der Waals surface area (Å²) >= 11 is 6.12. The number of halogens is 1. The fourth-order valence-corrected chi connectivity index (χ4v) is 6.03. The molecule has 0 unspecified atom stereocenters. The average Bonchev–Trinajstić information content (AvgIpc) is 3.26. The van der Waals surface area contributed by atoms with Crippen molar-refractivity contribution in [2.24, 2.45) is 11.8 Å². The summed E-state index contributed by atoms with van der Waals surface area (Å²) in [7, 11) is 0. The molecule has 0 saturated carbocycles. The Bertz CT molecular complexity index is 1200. The van der Waals surface area contributed by atoms with Gasteiger partial charge in [0.25, 0.3) is 0 Å². The molecule has 8 nitrogen and oxygen atoms in total. The van der Waals surface area contributed by atoms with Gasteiger partial charge in [0.1, 0.15) is 5.54 Å². The Morgan fingerprint density at radius 2 is 1.77 bits per heavy atom. The number of aryl methyl sites for hydroxylation is 1. The second kappa shape index (κ2) is 8.77. The number of benzene rings is 2. The van der Waals surface area contributed by atoms with E-state index >= 15 is 0 Å². The molecule has 0 radical (unpaired) electrons. The molecule has 3 aliphatic heterocycles. The summed E-state index contributed by atoms with van der Waals surface area (Å²) in [4.78, 5) is 57.3. The van der Waals surface area contributed by atoms with E-state index in [4.69, 9.17) is 16.3 Å². The van der Waals surface area contributed by atoms with Crippen molar-refractivity contribution < 1.29 is 23.9 Å². The van der Waals surface area contributed by atoms with Gasteiger partial charge >= 0.3 is 5.97 Å². The smallest absolute Gasteiger partial charge is 0.308 e. The van der Waals surface area contributed by atoms with Gasteiger partial charge in [0.2, 0.25) is 17.7 Å². The van der Waals surface area contributed by atoms with Crippen LogP contribution in [-0.2, 0) is 23.9 Å². The first-order valence-electron chi connectivity index (χ1n) is 11.7. The van der Waals surface area contributed by atoms with E-state index in [1.165, 1.54) is 4.90 Å². The van der Waals surface area contributed by atoms with Gasteiger partial charge in [-0.15, -0.1) is 0 Å². The Labute approximate surface area is 208 Å². The van der Waals surface area contributed by atoms with Crippen LogP contribution in [0.4, 0.5) is 5.69 Å². The van der Waals surface area contributed by atoms with Crippen LogP contribution < -0.4 is 10.2 Å². The van der Waals surface area contributed by atoms with Crippen molar-refractivity contribution in [2.45, 2.75) is 31.8 Å². The molecule has 0 aromatic heterocycles. The minimum absolute atomic E-state index is 0.146. The molecule has 3 heterocycles. The van der Waals surface area contributed by atoms with Gasteiger partial charge in [0.15, 0.2) is 0 Å². The number of amides is 3. The SMILES string of the molecule is CCOC(=O)C[C@@]12C(=O)NCCN1[C@@H](c1ccc(Cl)cc1)[C@H]1C(=O)N(c3ccc(C)cc3)C(=O)[C@@H]12. The van der Waals surface area contributed by atoms with E-state index in [1.807, 2.05) is 36.1 Å². The van der Waals surface area contributed by atoms with Crippen LogP contribution in [0.1, 0.15) is 30.5 Å². The zero-order valence-corrected chi connectivity index (χ0v) is 20.2. The lowest BCUT2D eigenvalue weighted by molar-refractivity contribution is -0.156. The summed E-state index contributed by atoms with van der Waals surface area (Å²) < 4.78 is 5.21. The maximum atomic E-state index is 14.0. The van der Waals surface area contributed by atoms with Crippen LogP contribution in [0, 0.1) is 18.8 Å². The minimum atomic E-state index is -1.54. The first-order valence-corrected chi connectivity index (χ1v) is 12.1. The predicted octanol–water partition coefficient (Wildman–Crippen LogP) is 2.63. The fourth-order valence-electron chi connectivity index (χ4n) is 5.90. The van der Waals surface area contributed by atoms with Crippen molar-refractivity contribution in [3.05, 3.63) is 64.7 Å². The van der Waals surface area contributed by atoms with Crippen molar-refractivity contribution in [1.29, 1.82) is 0 Å². The normalized spacial score (nSPS) is 28.0. The van der Waals surface area contributed by atoms with Crippen LogP contribution in [-0.4, -0.2) is 53.8 Å². The van der Waals surface area contributed by atoms with E-state index in [2.05, 4.69) is 5.32 Å². The molecule has 9 heteroatoms. The quantitative estimate of drug-likeness (QED) is 0.506. The lowest BCUT2D eigenvalue weighted by Gasteiger charge is -2.45. The maximum absolute atomic E-state index is 14.0. The zero-order valence-electron chi connectivity index (χ0n) is 19.5. The van der Waals surface area contributed by atoms with Gasteiger partial charge in [-0.1, -0.05) is 41.4 Å². The third-order valence-electron chi connectivity index (χ3n) is 7.31. The topological polar surface area (TPSA) is 96.0 Å². The maximum Gasteiger partial charge on any atom is 0.308 e. The number of nitrogens with zero attached hydrogens (tertiary/aromatic N) is 2. The Hall–Kier alpha value is -3.23. The number of fused-ring (bicyclic) bond motifs is 3. The van der Waals surface area contributed by atoms with Crippen LogP contribution in [0.2, 0.25) is 5.02 Å². The highest BCUT2D eigenvalue weighted by Crippen LogP contribution is 2.57. The number of hydrogen-bond acceptors (Lipinski definition) is 6. The third kappa shape index (κ3) is 3.54. The van der Waals surface area contributed by atoms with Crippen LogP contribution in [0.3, 0.4) is 0 Å². The van der Waals surface area contributed by atoms with E-state index in [1.54, 1.807) is 31.2 Å². The van der Waals surface area contributed by atoms with Crippen molar-refractivity contribution in [2.75, 3.05) is 24.6 Å². The molecule has 3 fully saturated rings. The zero-order chi connectivity index (χ0) is 24.9. The summed E-state index contributed by atoms with van der Waals surface area (Å²) in [5.74, 6) is -3.76. The summed E-state index contributed by atoms with van der Waals surface area (Å²) in [6.07, 6.45) is -0.321. The van der Waals surface area contributed by atoms with Crippen molar-refractivity contribution >= 4 is 41.0 Å². The van der Waals surface area contributed by atoms with Crippen LogP contribution in [0.25, 0.3) is 0 Å². The first kappa shape index (κ1) is 23.5. The fraction of sp³-hybridized carbons (Fsp3) is 0.385. The van der Waals surface area contributed by atoms with Crippen molar-refractivity contribution in [1.82, 2.24) is 10.2 Å². The molecule has 3 amide bonds. The van der Waals surface area contributed by atoms with E-state index in [9.17, 15) is 19.2 Å². The molecule has 35 heavy (non-hydrogen) atoms. The van der Waals surface area contributed by atoms with E-state index < -0.39 is 41.2 Å². The van der Waals surface area contributed by atoms with Crippen molar-refractivity contribution in [3.63, 3.8) is 0 Å². The van der Waals surface area contributed by atoms with Gasteiger partial charge in [-0.2, -0.15) is 0 Å². The highest BCUT2D eigenvalue weighted by Gasteiger charge is 2.73. The molecule has 5 rings (SSSR count). The lowest BCUT2D eigenvalue weighted by atomic mass is 9.76. The third-order valence-corrected chi connectivity index (χ3v) is 7.56. The standard InChI is InChI=1S/C26H26ClN3O5/c1-3-35-19(31)14-26-21-20(23(32)30(24(21)33)18-10-4-15(2)5-11-18)22(16-6-8-17(27)9-7-16)29(26)13-12-28-25(26)34/h4-11,20-22H,3,12-14H2,1-2H3,(H,28,34)/t20-,21+,22-,26+/m0/s1. The molecule has 3 saturated heterocycles. The number of anilines is 1. The molecule has 182 valence electrons. The summed E-state index contributed by atoms with van der Waals surface area (Å²) in [5.41, 5.74) is 0.662. The summed E-state index contributed by atoms with van der Waals surface area (Å²) in [6, 6.07) is 13.6. The molecule has 0 aliphatic carbocycles. The number of nitrogens with one attached hydrogen (secondary N) is 1. The number of piperazine rings is 1. The Balaban J connectivity index is 1.69.